The minimum atomic E-state index is -3.21. The third-order valence-corrected chi connectivity index (χ3v) is 4.36. The van der Waals surface area contributed by atoms with Crippen LogP contribution < -0.4 is 5.73 Å². The van der Waals surface area contributed by atoms with Crippen LogP contribution in [0.3, 0.4) is 0 Å². The molecule has 0 saturated carbocycles. The van der Waals surface area contributed by atoms with E-state index >= 15 is 0 Å². The van der Waals surface area contributed by atoms with Crippen LogP contribution in [0.4, 0.5) is 0 Å². The van der Waals surface area contributed by atoms with Crippen LogP contribution in [0.5, 0.6) is 0 Å². The molecule has 0 radical (unpaired) electrons. The molecule has 1 aromatic rings. The topological polar surface area (TPSA) is 60.2 Å². The summed E-state index contributed by atoms with van der Waals surface area (Å²) in [6.07, 6.45) is 1.54. The van der Waals surface area contributed by atoms with Crippen molar-refractivity contribution < 1.29 is 8.42 Å². The first-order valence-electron chi connectivity index (χ1n) is 5.32. The van der Waals surface area contributed by atoms with Crippen LogP contribution in [0.15, 0.2) is 28.5 Å². The van der Waals surface area contributed by atoms with Crippen molar-refractivity contribution in [1.29, 1.82) is 0 Å². The summed E-state index contributed by atoms with van der Waals surface area (Å²) in [5.41, 5.74) is 8.26. The zero-order chi connectivity index (χ0) is 11.8. The maximum atomic E-state index is 11.9. The number of nitrogens with two attached hydrogens (primary N) is 1. The number of sulfone groups is 1. The summed E-state index contributed by atoms with van der Waals surface area (Å²) in [6.45, 7) is 2.52. The SMILES string of the molecule is Cc1cccc2c1C(CCCN)=CS2(=O)=O. The Labute approximate surface area is 95.9 Å². The molecular formula is C12H15NO2S. The highest BCUT2D eigenvalue weighted by molar-refractivity contribution is 7.95. The van der Waals surface area contributed by atoms with E-state index < -0.39 is 9.84 Å². The highest BCUT2D eigenvalue weighted by atomic mass is 32.2. The summed E-state index contributed by atoms with van der Waals surface area (Å²) in [5.74, 6) is 0. The van der Waals surface area contributed by atoms with E-state index in [0.717, 1.165) is 29.5 Å². The Balaban J connectivity index is 2.53. The zero-order valence-corrected chi connectivity index (χ0v) is 10.0. The van der Waals surface area contributed by atoms with E-state index in [4.69, 9.17) is 5.73 Å². The molecule has 0 amide bonds. The summed E-state index contributed by atoms with van der Waals surface area (Å²) in [7, 11) is -3.21. The lowest BCUT2D eigenvalue weighted by atomic mass is 9.98. The van der Waals surface area contributed by atoms with Crippen molar-refractivity contribution in [3.8, 4) is 0 Å². The van der Waals surface area contributed by atoms with Gasteiger partial charge in [0, 0.05) is 11.0 Å². The van der Waals surface area contributed by atoms with Crippen LogP contribution in [0.25, 0.3) is 5.57 Å². The normalized spacial score (nSPS) is 17.0. The Bertz CT molecular complexity index is 544. The predicted molar refractivity (Wildman–Crippen MR) is 64.6 cm³/mol. The third kappa shape index (κ3) is 1.79. The van der Waals surface area contributed by atoms with Crippen molar-refractivity contribution in [2.24, 2.45) is 5.73 Å². The highest BCUT2D eigenvalue weighted by Gasteiger charge is 2.27. The second-order valence-electron chi connectivity index (χ2n) is 4.03. The number of aryl methyl sites for hydroxylation is 1. The second-order valence-corrected chi connectivity index (χ2v) is 5.79. The first-order chi connectivity index (χ1) is 7.56. The Hall–Kier alpha value is -1.13. The fourth-order valence-electron chi connectivity index (χ4n) is 2.08. The van der Waals surface area contributed by atoms with Gasteiger partial charge in [-0.3, -0.25) is 0 Å². The number of benzene rings is 1. The molecule has 0 fully saturated rings. The summed E-state index contributed by atoms with van der Waals surface area (Å²) >= 11 is 0. The summed E-state index contributed by atoms with van der Waals surface area (Å²) < 4.78 is 23.7. The lowest BCUT2D eigenvalue weighted by Crippen LogP contribution is -1.99. The molecule has 0 aromatic heterocycles. The lowest BCUT2D eigenvalue weighted by molar-refractivity contribution is 0.605. The van der Waals surface area contributed by atoms with Gasteiger partial charge in [0.2, 0.25) is 9.84 Å². The second kappa shape index (κ2) is 4.03. The average Bonchev–Trinajstić information content (AvgIpc) is 2.49. The molecule has 3 nitrogen and oxygen atoms in total. The molecule has 0 atom stereocenters. The molecule has 1 aliphatic rings. The van der Waals surface area contributed by atoms with Gasteiger partial charge in [-0.25, -0.2) is 8.42 Å². The van der Waals surface area contributed by atoms with E-state index in [2.05, 4.69) is 0 Å². The van der Waals surface area contributed by atoms with Gasteiger partial charge < -0.3 is 5.73 Å². The maximum Gasteiger partial charge on any atom is 0.200 e. The summed E-state index contributed by atoms with van der Waals surface area (Å²) in [5, 5.41) is 1.39. The third-order valence-electron chi connectivity index (χ3n) is 2.81. The molecule has 1 aliphatic heterocycles. The van der Waals surface area contributed by atoms with Gasteiger partial charge in [-0.15, -0.1) is 0 Å². The van der Waals surface area contributed by atoms with Crippen molar-refractivity contribution in [1.82, 2.24) is 0 Å². The molecule has 2 N–H and O–H groups in total. The van der Waals surface area contributed by atoms with Gasteiger partial charge in [0.25, 0.3) is 0 Å². The van der Waals surface area contributed by atoms with Crippen LogP contribution in [0.1, 0.15) is 24.0 Å². The molecule has 0 unspecified atom stereocenters. The quantitative estimate of drug-likeness (QED) is 0.873. The van der Waals surface area contributed by atoms with Crippen LogP contribution in [0, 0.1) is 6.92 Å². The van der Waals surface area contributed by atoms with Gasteiger partial charge in [-0.2, -0.15) is 0 Å². The Morgan fingerprint density at radius 2 is 2.06 bits per heavy atom. The van der Waals surface area contributed by atoms with Gasteiger partial charge in [0.1, 0.15) is 0 Å². The maximum absolute atomic E-state index is 11.9. The van der Waals surface area contributed by atoms with Gasteiger partial charge in [0.05, 0.1) is 4.90 Å². The highest BCUT2D eigenvalue weighted by Crippen LogP contribution is 2.37. The van der Waals surface area contributed by atoms with Crippen molar-refractivity contribution >= 4 is 15.4 Å². The van der Waals surface area contributed by atoms with Crippen LogP contribution in [-0.4, -0.2) is 15.0 Å². The number of hydrogen-bond acceptors (Lipinski definition) is 3. The van der Waals surface area contributed by atoms with E-state index in [1.54, 1.807) is 12.1 Å². The smallest absolute Gasteiger partial charge is 0.200 e. The first kappa shape index (κ1) is 11.4. The minimum absolute atomic E-state index is 0.444. The van der Waals surface area contributed by atoms with E-state index in [-0.39, 0.29) is 0 Å². The van der Waals surface area contributed by atoms with Gasteiger partial charge in [0.15, 0.2) is 0 Å². The molecule has 0 saturated heterocycles. The standard InChI is InChI=1S/C12H15NO2S/c1-9-4-2-6-11-12(9)10(5-3-7-13)8-16(11,14)15/h2,4,6,8H,3,5,7,13H2,1H3. The fraction of sp³-hybridized carbons (Fsp3) is 0.333. The van der Waals surface area contributed by atoms with E-state index in [1.807, 2.05) is 13.0 Å². The molecule has 0 spiro atoms. The molecule has 0 bridgehead atoms. The molecule has 1 aromatic carbocycles. The molecule has 2 rings (SSSR count). The van der Waals surface area contributed by atoms with Crippen molar-refractivity contribution in [2.75, 3.05) is 6.54 Å². The molecule has 4 heteroatoms. The first-order valence-corrected chi connectivity index (χ1v) is 6.86. The molecule has 0 aliphatic carbocycles. The molecule has 86 valence electrons. The molecular weight excluding hydrogens is 222 g/mol. The number of rotatable bonds is 3. The predicted octanol–water partition coefficient (Wildman–Crippen LogP) is 1.86. The van der Waals surface area contributed by atoms with Crippen molar-refractivity contribution in [3.05, 3.63) is 34.7 Å². The van der Waals surface area contributed by atoms with Crippen molar-refractivity contribution in [3.63, 3.8) is 0 Å². The fourth-order valence-corrected chi connectivity index (χ4v) is 3.66. The van der Waals surface area contributed by atoms with Gasteiger partial charge in [-0.05, 0) is 43.5 Å². The van der Waals surface area contributed by atoms with Gasteiger partial charge in [-0.1, -0.05) is 12.1 Å². The lowest BCUT2D eigenvalue weighted by Gasteiger charge is -2.07. The molecule has 1 heterocycles. The Morgan fingerprint density at radius 1 is 1.31 bits per heavy atom. The van der Waals surface area contributed by atoms with Crippen molar-refractivity contribution in [2.45, 2.75) is 24.7 Å². The van der Waals surface area contributed by atoms with E-state index in [0.29, 0.717) is 11.4 Å². The van der Waals surface area contributed by atoms with Crippen LogP contribution >= 0.6 is 0 Å². The minimum Gasteiger partial charge on any atom is -0.330 e. The van der Waals surface area contributed by atoms with Crippen LogP contribution in [-0.2, 0) is 9.84 Å². The summed E-state index contributed by atoms with van der Waals surface area (Å²) in [4.78, 5) is 0.444. The number of fused-ring (bicyclic) bond motifs is 1. The largest absolute Gasteiger partial charge is 0.330 e. The number of allylic oxidation sites excluding steroid dienone is 1. The van der Waals surface area contributed by atoms with E-state index in [9.17, 15) is 8.42 Å². The average molecular weight is 237 g/mol. The van der Waals surface area contributed by atoms with E-state index in [1.165, 1.54) is 5.41 Å². The summed E-state index contributed by atoms with van der Waals surface area (Å²) in [6, 6.07) is 5.39. The Kier molecular flexibility index (Phi) is 2.86. The zero-order valence-electron chi connectivity index (χ0n) is 9.23. The monoisotopic (exact) mass is 237 g/mol. The molecule has 16 heavy (non-hydrogen) atoms. The van der Waals surface area contributed by atoms with Gasteiger partial charge >= 0.3 is 0 Å². The van der Waals surface area contributed by atoms with Crippen LogP contribution in [0.2, 0.25) is 0 Å². The Morgan fingerprint density at radius 3 is 2.75 bits per heavy atom. The number of hydrogen-bond donors (Lipinski definition) is 1.